The first-order chi connectivity index (χ1) is 15.3. The van der Waals surface area contributed by atoms with Gasteiger partial charge in [-0.1, -0.05) is 42.2 Å². The molecule has 0 saturated heterocycles. The van der Waals surface area contributed by atoms with Crippen LogP contribution in [0.4, 0.5) is 13.2 Å². The molecule has 4 aromatic rings. The van der Waals surface area contributed by atoms with Gasteiger partial charge in [0.1, 0.15) is 5.01 Å². The quantitative estimate of drug-likeness (QED) is 0.359. The summed E-state index contributed by atoms with van der Waals surface area (Å²) in [6.45, 7) is 0. The fourth-order valence-corrected chi connectivity index (χ4v) is 3.77. The Morgan fingerprint density at radius 3 is 2.19 bits per heavy atom. The van der Waals surface area contributed by atoms with Crippen molar-refractivity contribution >= 4 is 17.3 Å². The standard InChI is InChI=1S/C25H14F3NO2S/c26-25(27,28)21-3-1-2-17(14-21)5-4-16-6-8-19(9-7-16)23-29-22(15-32-23)18-10-12-20(13-11-18)24(30)31/h1-3,6-15H,(H,30,31). The normalized spacial score (nSPS) is 11.0. The monoisotopic (exact) mass is 449 g/mol. The Morgan fingerprint density at radius 2 is 1.53 bits per heavy atom. The molecule has 0 aliphatic heterocycles. The lowest BCUT2D eigenvalue weighted by atomic mass is 10.1. The molecule has 0 radical (unpaired) electrons. The predicted octanol–water partition coefficient (Wildman–Crippen LogP) is 6.59. The first-order valence-corrected chi connectivity index (χ1v) is 10.3. The van der Waals surface area contributed by atoms with E-state index in [-0.39, 0.29) is 5.56 Å². The van der Waals surface area contributed by atoms with Crippen molar-refractivity contribution in [2.75, 3.05) is 0 Å². The number of rotatable bonds is 3. The average molecular weight is 449 g/mol. The van der Waals surface area contributed by atoms with Gasteiger partial charge in [0, 0.05) is 27.6 Å². The fraction of sp³-hybridized carbons (Fsp3) is 0.0400. The summed E-state index contributed by atoms with van der Waals surface area (Å²) in [5.41, 5.74) is 2.90. The Bertz CT molecular complexity index is 1330. The molecule has 1 heterocycles. The van der Waals surface area contributed by atoms with Crippen LogP contribution in [-0.4, -0.2) is 16.1 Å². The van der Waals surface area contributed by atoms with Crippen molar-refractivity contribution in [1.82, 2.24) is 4.98 Å². The third-order valence-corrected chi connectivity index (χ3v) is 5.50. The molecular formula is C25H14F3NO2S. The van der Waals surface area contributed by atoms with Crippen LogP contribution in [0.1, 0.15) is 27.0 Å². The van der Waals surface area contributed by atoms with Gasteiger partial charge in [0.2, 0.25) is 0 Å². The van der Waals surface area contributed by atoms with Crippen molar-refractivity contribution in [3.05, 3.63) is 100 Å². The van der Waals surface area contributed by atoms with Crippen molar-refractivity contribution in [2.45, 2.75) is 6.18 Å². The highest BCUT2D eigenvalue weighted by Gasteiger charge is 2.30. The van der Waals surface area contributed by atoms with E-state index in [0.717, 1.165) is 34.0 Å². The highest BCUT2D eigenvalue weighted by Crippen LogP contribution is 2.30. The molecule has 0 bridgehead atoms. The minimum atomic E-state index is -4.40. The van der Waals surface area contributed by atoms with Crippen LogP contribution in [-0.2, 0) is 6.18 Å². The molecule has 32 heavy (non-hydrogen) atoms. The Labute approximate surface area is 185 Å². The first kappa shape index (κ1) is 21.3. The van der Waals surface area contributed by atoms with E-state index < -0.39 is 17.7 Å². The molecule has 0 saturated carbocycles. The van der Waals surface area contributed by atoms with Gasteiger partial charge in [0.15, 0.2) is 0 Å². The van der Waals surface area contributed by atoms with E-state index in [1.807, 2.05) is 17.5 Å². The summed E-state index contributed by atoms with van der Waals surface area (Å²) in [7, 11) is 0. The molecule has 158 valence electrons. The van der Waals surface area contributed by atoms with Gasteiger partial charge in [-0.05, 0) is 42.5 Å². The van der Waals surface area contributed by atoms with Gasteiger partial charge in [-0.15, -0.1) is 11.3 Å². The molecule has 1 N–H and O–H groups in total. The summed E-state index contributed by atoms with van der Waals surface area (Å²) in [5, 5.41) is 11.7. The number of hydrogen-bond donors (Lipinski definition) is 1. The zero-order valence-electron chi connectivity index (χ0n) is 16.4. The molecule has 0 aliphatic rings. The fourth-order valence-electron chi connectivity index (χ4n) is 2.94. The lowest BCUT2D eigenvalue weighted by Crippen LogP contribution is -2.04. The van der Waals surface area contributed by atoms with Crippen LogP contribution in [0, 0.1) is 11.8 Å². The molecule has 0 fully saturated rings. The highest BCUT2D eigenvalue weighted by atomic mass is 32.1. The second kappa shape index (κ2) is 8.69. The largest absolute Gasteiger partial charge is 0.478 e. The molecule has 0 amide bonds. The second-order valence-corrected chi connectivity index (χ2v) is 7.68. The average Bonchev–Trinajstić information content (AvgIpc) is 3.28. The number of hydrogen-bond acceptors (Lipinski definition) is 3. The van der Waals surface area contributed by atoms with Crippen molar-refractivity contribution in [2.24, 2.45) is 0 Å². The van der Waals surface area contributed by atoms with Gasteiger partial charge in [0.05, 0.1) is 16.8 Å². The molecule has 3 nitrogen and oxygen atoms in total. The maximum Gasteiger partial charge on any atom is 0.416 e. The Kier molecular flexibility index (Phi) is 5.80. The van der Waals surface area contributed by atoms with Gasteiger partial charge in [-0.3, -0.25) is 0 Å². The molecule has 0 unspecified atom stereocenters. The van der Waals surface area contributed by atoms with E-state index in [0.29, 0.717) is 11.1 Å². The van der Waals surface area contributed by atoms with Crippen LogP contribution < -0.4 is 0 Å². The molecule has 3 aromatic carbocycles. The summed E-state index contributed by atoms with van der Waals surface area (Å²) in [4.78, 5) is 15.6. The maximum absolute atomic E-state index is 12.8. The van der Waals surface area contributed by atoms with Gasteiger partial charge < -0.3 is 5.11 Å². The number of thiazole rings is 1. The summed E-state index contributed by atoms with van der Waals surface area (Å²) < 4.78 is 38.5. The first-order valence-electron chi connectivity index (χ1n) is 9.38. The lowest BCUT2D eigenvalue weighted by molar-refractivity contribution is -0.137. The maximum atomic E-state index is 12.8. The van der Waals surface area contributed by atoms with E-state index in [4.69, 9.17) is 5.11 Å². The van der Waals surface area contributed by atoms with Crippen LogP contribution in [0.3, 0.4) is 0 Å². The summed E-state index contributed by atoms with van der Waals surface area (Å²) in [6.07, 6.45) is -4.40. The van der Waals surface area contributed by atoms with Gasteiger partial charge >= 0.3 is 12.1 Å². The zero-order valence-corrected chi connectivity index (χ0v) is 17.2. The summed E-state index contributed by atoms with van der Waals surface area (Å²) >= 11 is 1.46. The zero-order chi connectivity index (χ0) is 22.7. The predicted molar refractivity (Wildman–Crippen MR) is 117 cm³/mol. The van der Waals surface area contributed by atoms with Gasteiger partial charge in [-0.2, -0.15) is 13.2 Å². The number of aromatic carboxylic acids is 1. The minimum Gasteiger partial charge on any atom is -0.478 e. The van der Waals surface area contributed by atoms with E-state index >= 15 is 0 Å². The van der Waals surface area contributed by atoms with Crippen LogP contribution >= 0.6 is 11.3 Å². The molecule has 0 spiro atoms. The van der Waals surface area contributed by atoms with Crippen molar-refractivity contribution in [3.8, 4) is 33.7 Å². The number of carbonyl (C=O) groups is 1. The SMILES string of the molecule is O=C(O)c1ccc(-c2csc(-c3ccc(C#Cc4cccc(C(F)(F)F)c4)cc3)n2)cc1. The topological polar surface area (TPSA) is 50.2 Å². The number of carboxylic acids is 1. The molecule has 0 atom stereocenters. The van der Waals surface area contributed by atoms with Gasteiger partial charge in [0.25, 0.3) is 0 Å². The van der Waals surface area contributed by atoms with Crippen LogP contribution in [0.25, 0.3) is 21.8 Å². The van der Waals surface area contributed by atoms with Crippen LogP contribution in [0.2, 0.25) is 0 Å². The molecule has 7 heteroatoms. The third-order valence-electron chi connectivity index (χ3n) is 4.60. The van der Waals surface area contributed by atoms with E-state index in [1.165, 1.54) is 35.6 Å². The number of benzene rings is 3. The molecule has 4 rings (SSSR count). The van der Waals surface area contributed by atoms with E-state index in [1.54, 1.807) is 24.3 Å². The van der Waals surface area contributed by atoms with E-state index in [9.17, 15) is 18.0 Å². The molecule has 1 aromatic heterocycles. The summed E-state index contributed by atoms with van der Waals surface area (Å²) in [5.74, 6) is 4.67. The third kappa shape index (κ3) is 4.88. The number of aromatic nitrogens is 1. The Hall–Kier alpha value is -3.89. The Morgan fingerprint density at radius 1 is 0.875 bits per heavy atom. The second-order valence-electron chi connectivity index (χ2n) is 6.83. The number of carboxylic acid groups (broad SMARTS) is 1. The lowest BCUT2D eigenvalue weighted by Gasteiger charge is -2.05. The van der Waals surface area contributed by atoms with Crippen LogP contribution in [0.5, 0.6) is 0 Å². The minimum absolute atomic E-state index is 0.214. The van der Waals surface area contributed by atoms with Crippen molar-refractivity contribution in [3.63, 3.8) is 0 Å². The van der Waals surface area contributed by atoms with Crippen molar-refractivity contribution in [1.29, 1.82) is 0 Å². The molecule has 0 aliphatic carbocycles. The highest BCUT2D eigenvalue weighted by molar-refractivity contribution is 7.13. The van der Waals surface area contributed by atoms with Crippen molar-refractivity contribution < 1.29 is 23.1 Å². The van der Waals surface area contributed by atoms with Crippen LogP contribution in [0.15, 0.2) is 78.2 Å². The number of alkyl halides is 3. The number of halogens is 3. The number of nitrogens with zero attached hydrogens (tertiary/aromatic N) is 1. The molecular weight excluding hydrogens is 435 g/mol. The smallest absolute Gasteiger partial charge is 0.416 e. The van der Waals surface area contributed by atoms with E-state index in [2.05, 4.69) is 16.8 Å². The van der Waals surface area contributed by atoms with Gasteiger partial charge in [-0.25, -0.2) is 9.78 Å². The Balaban J connectivity index is 1.51. The summed E-state index contributed by atoms with van der Waals surface area (Å²) in [6, 6.07) is 18.7.